The van der Waals surface area contributed by atoms with Gasteiger partial charge < -0.3 is 5.32 Å². The summed E-state index contributed by atoms with van der Waals surface area (Å²) in [7, 11) is 0. The van der Waals surface area contributed by atoms with Crippen molar-refractivity contribution in [2.75, 3.05) is 26.2 Å². The number of nitrogens with zero attached hydrogens (tertiary/aromatic N) is 2. The van der Waals surface area contributed by atoms with E-state index in [-0.39, 0.29) is 41.5 Å². The zero-order valence-electron chi connectivity index (χ0n) is 10.7. The molecule has 5 nitrogen and oxygen atoms in total. The van der Waals surface area contributed by atoms with E-state index in [9.17, 15) is 10.1 Å². The minimum atomic E-state index is -0.298. The summed E-state index contributed by atoms with van der Waals surface area (Å²) in [5.74, 6) is 0. The molecular formula is C12H19Cl2N3O2. The van der Waals surface area contributed by atoms with Gasteiger partial charge in [-0.15, -0.1) is 24.8 Å². The molecule has 108 valence electrons. The van der Waals surface area contributed by atoms with Crippen molar-refractivity contribution < 1.29 is 4.92 Å². The first-order valence-electron chi connectivity index (χ1n) is 5.88. The number of benzene rings is 1. The van der Waals surface area contributed by atoms with E-state index in [1.807, 2.05) is 19.1 Å². The van der Waals surface area contributed by atoms with Gasteiger partial charge >= 0.3 is 0 Å². The first-order valence-corrected chi connectivity index (χ1v) is 5.88. The van der Waals surface area contributed by atoms with Crippen LogP contribution < -0.4 is 5.32 Å². The van der Waals surface area contributed by atoms with Gasteiger partial charge in [0, 0.05) is 43.9 Å². The molecule has 19 heavy (non-hydrogen) atoms. The summed E-state index contributed by atoms with van der Waals surface area (Å²) >= 11 is 0. The fourth-order valence-corrected chi connectivity index (χ4v) is 2.27. The van der Waals surface area contributed by atoms with Crippen molar-refractivity contribution >= 4 is 30.5 Å². The van der Waals surface area contributed by atoms with E-state index in [1.54, 1.807) is 12.1 Å². The van der Waals surface area contributed by atoms with E-state index in [2.05, 4.69) is 10.2 Å². The van der Waals surface area contributed by atoms with Gasteiger partial charge in [-0.25, -0.2) is 0 Å². The Bertz CT molecular complexity index is 412. The lowest BCUT2D eigenvalue weighted by Crippen LogP contribution is -2.44. The second kappa shape index (κ2) is 8.32. The third-order valence-electron chi connectivity index (χ3n) is 3.28. The maximum atomic E-state index is 11.0. The lowest BCUT2D eigenvalue weighted by molar-refractivity contribution is -0.386. The number of hydrogen-bond acceptors (Lipinski definition) is 4. The molecule has 1 aliphatic rings. The topological polar surface area (TPSA) is 58.4 Å². The maximum Gasteiger partial charge on any atom is 0.274 e. The number of hydrogen-bond donors (Lipinski definition) is 1. The molecular weight excluding hydrogens is 289 g/mol. The van der Waals surface area contributed by atoms with Crippen LogP contribution in [-0.4, -0.2) is 36.0 Å². The van der Waals surface area contributed by atoms with Crippen LogP contribution in [0.5, 0.6) is 0 Å². The second-order valence-corrected chi connectivity index (χ2v) is 4.28. The maximum absolute atomic E-state index is 11.0. The molecule has 0 saturated carbocycles. The Kier molecular flexibility index (Phi) is 7.94. The monoisotopic (exact) mass is 307 g/mol. The number of piperazine rings is 1. The molecule has 0 aliphatic carbocycles. The predicted octanol–water partition coefficient (Wildman–Crippen LogP) is 2.40. The molecule has 7 heteroatoms. The van der Waals surface area contributed by atoms with Crippen LogP contribution in [0.2, 0.25) is 0 Å². The van der Waals surface area contributed by atoms with E-state index in [0.717, 1.165) is 31.7 Å². The van der Waals surface area contributed by atoms with Gasteiger partial charge in [0.25, 0.3) is 5.69 Å². The van der Waals surface area contributed by atoms with E-state index < -0.39 is 0 Å². The molecule has 1 fully saturated rings. The number of para-hydroxylation sites is 1. The molecule has 1 aromatic carbocycles. The number of nitro groups is 1. The van der Waals surface area contributed by atoms with E-state index in [1.165, 1.54) is 0 Å². The summed E-state index contributed by atoms with van der Waals surface area (Å²) in [5.41, 5.74) is 1.03. The summed E-state index contributed by atoms with van der Waals surface area (Å²) in [6.45, 7) is 5.81. The van der Waals surface area contributed by atoms with Crippen molar-refractivity contribution in [3.8, 4) is 0 Å². The third-order valence-corrected chi connectivity index (χ3v) is 3.28. The first-order chi connectivity index (χ1) is 8.20. The molecule has 0 spiro atoms. The van der Waals surface area contributed by atoms with Crippen molar-refractivity contribution in [2.45, 2.75) is 13.0 Å². The van der Waals surface area contributed by atoms with Gasteiger partial charge in [-0.2, -0.15) is 0 Å². The number of nitrogens with one attached hydrogen (secondary N) is 1. The van der Waals surface area contributed by atoms with Crippen LogP contribution in [0.4, 0.5) is 5.69 Å². The van der Waals surface area contributed by atoms with Gasteiger partial charge in [0.1, 0.15) is 0 Å². The predicted molar refractivity (Wildman–Crippen MR) is 80.5 cm³/mol. The highest BCUT2D eigenvalue weighted by molar-refractivity contribution is 5.85. The van der Waals surface area contributed by atoms with E-state index in [4.69, 9.17) is 0 Å². The van der Waals surface area contributed by atoms with Crippen molar-refractivity contribution in [1.82, 2.24) is 10.2 Å². The molecule has 0 amide bonds. The Morgan fingerprint density at radius 1 is 1.26 bits per heavy atom. The van der Waals surface area contributed by atoms with Crippen LogP contribution in [0, 0.1) is 10.1 Å². The molecule has 1 aromatic rings. The highest BCUT2D eigenvalue weighted by Gasteiger charge is 2.24. The Hall–Kier alpha value is -0.880. The van der Waals surface area contributed by atoms with Crippen molar-refractivity contribution in [3.05, 3.63) is 39.9 Å². The molecule has 0 aromatic heterocycles. The van der Waals surface area contributed by atoms with Crippen LogP contribution in [-0.2, 0) is 0 Å². The van der Waals surface area contributed by atoms with Gasteiger partial charge in [-0.1, -0.05) is 18.2 Å². The van der Waals surface area contributed by atoms with Gasteiger partial charge in [0.15, 0.2) is 0 Å². The fraction of sp³-hybridized carbons (Fsp3) is 0.500. The normalized spacial score (nSPS) is 16.9. The quantitative estimate of drug-likeness (QED) is 0.688. The van der Waals surface area contributed by atoms with Crippen molar-refractivity contribution in [3.63, 3.8) is 0 Å². The summed E-state index contributed by atoms with van der Waals surface area (Å²) in [6, 6.07) is 7.10. The lowest BCUT2D eigenvalue weighted by atomic mass is 10.0. The second-order valence-electron chi connectivity index (χ2n) is 4.28. The molecule has 1 saturated heterocycles. The highest BCUT2D eigenvalue weighted by atomic mass is 35.5. The standard InChI is InChI=1S/C12H17N3O2.2ClH/c1-10(14-8-6-13-7-9-14)11-4-2-3-5-12(11)15(16)17;;/h2-5,10,13H,6-9H2,1H3;2*1H/t10-;;/m1../s1. The summed E-state index contributed by atoms with van der Waals surface area (Å²) in [4.78, 5) is 13.0. The van der Waals surface area contributed by atoms with Crippen LogP contribution >= 0.6 is 24.8 Å². The minimum Gasteiger partial charge on any atom is -0.314 e. The van der Waals surface area contributed by atoms with Gasteiger partial charge in [-0.3, -0.25) is 15.0 Å². The Balaban J connectivity index is 0.00000162. The van der Waals surface area contributed by atoms with Crippen LogP contribution in [0.25, 0.3) is 0 Å². The van der Waals surface area contributed by atoms with Crippen LogP contribution in [0.1, 0.15) is 18.5 Å². The van der Waals surface area contributed by atoms with Crippen LogP contribution in [0.15, 0.2) is 24.3 Å². The first kappa shape index (κ1) is 18.1. The fourth-order valence-electron chi connectivity index (χ4n) is 2.27. The molecule has 1 N–H and O–H groups in total. The summed E-state index contributed by atoms with van der Waals surface area (Å²) < 4.78 is 0. The Morgan fingerprint density at radius 3 is 2.42 bits per heavy atom. The molecule has 0 radical (unpaired) electrons. The third kappa shape index (κ3) is 4.31. The van der Waals surface area contributed by atoms with Crippen LogP contribution in [0.3, 0.4) is 0 Å². The largest absolute Gasteiger partial charge is 0.314 e. The summed E-state index contributed by atoms with van der Waals surface area (Å²) in [6.07, 6.45) is 0. The smallest absolute Gasteiger partial charge is 0.274 e. The molecule has 0 bridgehead atoms. The molecule has 2 rings (SSSR count). The van der Waals surface area contributed by atoms with Gasteiger partial charge in [-0.05, 0) is 6.92 Å². The summed E-state index contributed by atoms with van der Waals surface area (Å²) in [5, 5.41) is 14.3. The van der Waals surface area contributed by atoms with E-state index >= 15 is 0 Å². The molecule has 0 unspecified atom stereocenters. The average Bonchev–Trinajstić information content (AvgIpc) is 2.39. The Morgan fingerprint density at radius 2 is 1.84 bits per heavy atom. The number of rotatable bonds is 3. The number of nitro benzene ring substituents is 1. The lowest BCUT2D eigenvalue weighted by Gasteiger charge is -2.32. The zero-order chi connectivity index (χ0) is 12.3. The minimum absolute atomic E-state index is 0. The van der Waals surface area contributed by atoms with Crippen molar-refractivity contribution in [2.24, 2.45) is 0 Å². The van der Waals surface area contributed by atoms with Gasteiger partial charge in [0.2, 0.25) is 0 Å². The number of halogens is 2. The van der Waals surface area contributed by atoms with Gasteiger partial charge in [0.05, 0.1) is 4.92 Å². The zero-order valence-corrected chi connectivity index (χ0v) is 12.4. The average molecular weight is 308 g/mol. The molecule has 1 aliphatic heterocycles. The Labute approximate surface area is 125 Å². The van der Waals surface area contributed by atoms with E-state index in [0.29, 0.717) is 0 Å². The molecule has 1 heterocycles. The van der Waals surface area contributed by atoms with Crippen molar-refractivity contribution in [1.29, 1.82) is 0 Å². The SMILES string of the molecule is C[C@H](c1ccccc1[N+](=O)[O-])N1CCNCC1.Cl.Cl. The molecule has 1 atom stereocenters. The highest BCUT2D eigenvalue weighted by Crippen LogP contribution is 2.28.